The number of ether oxygens (including phenoxy) is 1. The maximum atomic E-state index is 12.6. The minimum atomic E-state index is -0.248. The maximum Gasteiger partial charge on any atom is 0.231 e. The molecule has 0 bridgehead atoms. The van der Waals surface area contributed by atoms with Gasteiger partial charge in [0.25, 0.3) is 0 Å². The van der Waals surface area contributed by atoms with Crippen molar-refractivity contribution in [2.24, 2.45) is 0 Å². The van der Waals surface area contributed by atoms with Crippen LogP contribution in [0.1, 0.15) is 17.2 Å². The van der Waals surface area contributed by atoms with E-state index < -0.39 is 0 Å². The third-order valence-corrected chi connectivity index (χ3v) is 6.22. The number of hydrogen-bond donors (Lipinski definition) is 2. The summed E-state index contributed by atoms with van der Waals surface area (Å²) in [6.07, 6.45) is 0. The molecule has 0 radical (unpaired) electrons. The maximum absolute atomic E-state index is 12.6. The minimum absolute atomic E-state index is 0.0807. The lowest BCUT2D eigenvalue weighted by molar-refractivity contribution is -0.119. The molecule has 0 aliphatic heterocycles. The number of aromatic nitrogens is 2. The summed E-state index contributed by atoms with van der Waals surface area (Å²) in [5.74, 6) is 0.173. The number of nitrogens with zero attached hydrogens (tertiary/aromatic N) is 2. The number of carbonyl (C=O) groups is 1. The first-order valence-electron chi connectivity index (χ1n) is 8.94. The van der Waals surface area contributed by atoms with Gasteiger partial charge in [-0.05, 0) is 23.3 Å². The number of hydrogen-bond acceptors (Lipinski definition) is 7. The minimum Gasteiger partial charge on any atom is -0.383 e. The van der Waals surface area contributed by atoms with Crippen molar-refractivity contribution in [3.8, 4) is 0 Å². The fourth-order valence-corrected chi connectivity index (χ4v) is 4.30. The lowest BCUT2D eigenvalue weighted by Crippen LogP contribution is -2.30. The summed E-state index contributed by atoms with van der Waals surface area (Å²) in [5.41, 5.74) is 1.98. The van der Waals surface area contributed by atoms with E-state index in [4.69, 9.17) is 16.3 Å². The zero-order valence-electron chi connectivity index (χ0n) is 15.8. The van der Waals surface area contributed by atoms with Gasteiger partial charge in [0.15, 0.2) is 4.34 Å². The Morgan fingerprint density at radius 2 is 1.86 bits per heavy atom. The summed E-state index contributed by atoms with van der Waals surface area (Å²) in [4.78, 5) is 12.6. The lowest BCUT2D eigenvalue weighted by Gasteiger charge is -2.20. The molecule has 2 N–H and O–H groups in total. The molecule has 2 aromatic carbocycles. The predicted molar refractivity (Wildman–Crippen MR) is 119 cm³/mol. The van der Waals surface area contributed by atoms with Crippen molar-refractivity contribution in [1.82, 2.24) is 15.5 Å². The number of thioether (sulfide) groups is 1. The first-order valence-corrected chi connectivity index (χ1v) is 11.1. The smallest absolute Gasteiger partial charge is 0.231 e. The molecule has 9 heteroatoms. The second kappa shape index (κ2) is 11.2. The summed E-state index contributed by atoms with van der Waals surface area (Å²) < 4.78 is 5.73. The molecule has 0 fully saturated rings. The number of rotatable bonds is 10. The molecule has 0 aliphatic rings. The molecule has 1 heterocycles. The Morgan fingerprint density at radius 3 is 2.59 bits per heavy atom. The summed E-state index contributed by atoms with van der Waals surface area (Å²) >= 11 is 8.79. The standard InChI is InChI=1S/C20H21ClN4O2S2/c1-27-12-11-22-19-24-25-20(29-19)28-13-17(26)23-18(14-5-3-2-4-6-14)15-7-9-16(21)10-8-15/h2-10,18H,11-13H2,1H3,(H,22,24)(H,23,26). The highest BCUT2D eigenvalue weighted by atomic mass is 35.5. The van der Waals surface area contributed by atoms with Gasteiger partial charge < -0.3 is 15.4 Å². The molecule has 1 unspecified atom stereocenters. The summed E-state index contributed by atoms with van der Waals surface area (Å²) in [5, 5.41) is 15.8. The van der Waals surface area contributed by atoms with Crippen LogP contribution in [0.3, 0.4) is 0 Å². The van der Waals surface area contributed by atoms with Crippen LogP contribution in [0.15, 0.2) is 58.9 Å². The van der Waals surface area contributed by atoms with E-state index in [2.05, 4.69) is 20.8 Å². The molecule has 0 saturated heterocycles. The Bertz CT molecular complexity index is 906. The average Bonchev–Trinajstić information content (AvgIpc) is 3.20. The van der Waals surface area contributed by atoms with Gasteiger partial charge in [-0.2, -0.15) is 0 Å². The van der Waals surface area contributed by atoms with Gasteiger partial charge in [0.05, 0.1) is 18.4 Å². The van der Waals surface area contributed by atoms with Crippen molar-refractivity contribution in [3.05, 3.63) is 70.7 Å². The number of methoxy groups -OCH3 is 1. The van der Waals surface area contributed by atoms with Gasteiger partial charge >= 0.3 is 0 Å². The van der Waals surface area contributed by atoms with E-state index in [1.54, 1.807) is 7.11 Å². The third kappa shape index (κ3) is 6.71. The van der Waals surface area contributed by atoms with E-state index in [0.29, 0.717) is 23.3 Å². The molecule has 3 aromatic rings. The van der Waals surface area contributed by atoms with Gasteiger partial charge in [0, 0.05) is 18.7 Å². The molecule has 29 heavy (non-hydrogen) atoms. The number of halogens is 1. The van der Waals surface area contributed by atoms with E-state index >= 15 is 0 Å². The van der Waals surface area contributed by atoms with Crippen molar-refractivity contribution in [3.63, 3.8) is 0 Å². The molecule has 1 amide bonds. The van der Waals surface area contributed by atoms with Crippen LogP contribution in [0.5, 0.6) is 0 Å². The largest absolute Gasteiger partial charge is 0.383 e. The molecule has 1 atom stereocenters. The van der Waals surface area contributed by atoms with Crippen molar-refractivity contribution >= 4 is 45.7 Å². The predicted octanol–water partition coefficient (Wildman–Crippen LogP) is 4.25. The lowest BCUT2D eigenvalue weighted by atomic mass is 9.99. The molecule has 152 valence electrons. The van der Waals surface area contributed by atoms with Crippen molar-refractivity contribution in [1.29, 1.82) is 0 Å². The highest BCUT2D eigenvalue weighted by molar-refractivity contribution is 8.01. The van der Waals surface area contributed by atoms with Crippen molar-refractivity contribution < 1.29 is 9.53 Å². The van der Waals surface area contributed by atoms with E-state index in [-0.39, 0.29) is 17.7 Å². The molecule has 0 aliphatic carbocycles. The van der Waals surface area contributed by atoms with Crippen molar-refractivity contribution in [2.75, 3.05) is 31.3 Å². The number of anilines is 1. The van der Waals surface area contributed by atoms with Crippen molar-refractivity contribution in [2.45, 2.75) is 10.4 Å². The quantitative estimate of drug-likeness (QED) is 0.356. The molecule has 0 spiro atoms. The molecular formula is C20H21ClN4O2S2. The average molecular weight is 449 g/mol. The third-order valence-electron chi connectivity index (χ3n) is 3.96. The Balaban J connectivity index is 1.61. The van der Waals surface area contributed by atoms with Gasteiger partial charge in [0.2, 0.25) is 11.0 Å². The number of carbonyl (C=O) groups excluding carboxylic acids is 1. The van der Waals surface area contributed by atoms with E-state index in [0.717, 1.165) is 15.5 Å². The van der Waals surface area contributed by atoms with Gasteiger partial charge in [0.1, 0.15) is 0 Å². The Morgan fingerprint density at radius 1 is 1.14 bits per heavy atom. The molecular weight excluding hydrogens is 428 g/mol. The summed E-state index contributed by atoms with van der Waals surface area (Å²) in [6.45, 7) is 1.26. The Kier molecular flexibility index (Phi) is 8.30. The van der Waals surface area contributed by atoms with E-state index in [1.807, 2.05) is 54.6 Å². The van der Waals surface area contributed by atoms with Crippen LogP contribution in [0.4, 0.5) is 5.13 Å². The Labute approximate surface area is 183 Å². The fraction of sp³-hybridized carbons (Fsp3) is 0.250. The van der Waals surface area contributed by atoms with Crippen LogP contribution in [-0.2, 0) is 9.53 Å². The van der Waals surface area contributed by atoms with Crippen LogP contribution >= 0.6 is 34.7 Å². The van der Waals surface area contributed by atoms with Crippen LogP contribution in [-0.4, -0.2) is 42.1 Å². The van der Waals surface area contributed by atoms with E-state index in [1.165, 1.54) is 23.1 Å². The highest BCUT2D eigenvalue weighted by Crippen LogP contribution is 2.27. The molecule has 1 aromatic heterocycles. The van der Waals surface area contributed by atoms with Gasteiger partial charge in [-0.1, -0.05) is 77.2 Å². The number of nitrogens with one attached hydrogen (secondary N) is 2. The zero-order valence-corrected chi connectivity index (χ0v) is 18.2. The normalized spacial score (nSPS) is 11.8. The molecule has 0 saturated carbocycles. The monoisotopic (exact) mass is 448 g/mol. The molecule has 6 nitrogen and oxygen atoms in total. The first-order chi connectivity index (χ1) is 14.2. The number of benzene rings is 2. The zero-order chi connectivity index (χ0) is 20.5. The van der Waals surface area contributed by atoms with Gasteiger partial charge in [-0.15, -0.1) is 10.2 Å². The highest BCUT2D eigenvalue weighted by Gasteiger charge is 2.17. The van der Waals surface area contributed by atoms with Crippen LogP contribution in [0, 0.1) is 0 Å². The Hall–Kier alpha value is -2.13. The summed E-state index contributed by atoms with van der Waals surface area (Å²) in [7, 11) is 1.65. The van der Waals surface area contributed by atoms with Crippen LogP contribution < -0.4 is 10.6 Å². The fourth-order valence-electron chi connectivity index (χ4n) is 2.59. The van der Waals surface area contributed by atoms with Gasteiger partial charge in [-0.25, -0.2) is 0 Å². The SMILES string of the molecule is COCCNc1nnc(SCC(=O)NC(c2ccccc2)c2ccc(Cl)cc2)s1. The van der Waals surface area contributed by atoms with E-state index in [9.17, 15) is 4.79 Å². The van der Waals surface area contributed by atoms with Crippen LogP contribution in [0.25, 0.3) is 0 Å². The topological polar surface area (TPSA) is 76.1 Å². The van der Waals surface area contributed by atoms with Crippen LogP contribution in [0.2, 0.25) is 5.02 Å². The summed E-state index contributed by atoms with van der Waals surface area (Å²) in [6, 6.07) is 17.1. The second-order valence-electron chi connectivity index (χ2n) is 6.04. The number of amides is 1. The van der Waals surface area contributed by atoms with Gasteiger partial charge in [-0.3, -0.25) is 4.79 Å². The second-order valence-corrected chi connectivity index (χ2v) is 8.68. The molecule has 3 rings (SSSR count). The first kappa shape index (κ1) is 21.6.